The Morgan fingerprint density at radius 1 is 1.26 bits per heavy atom. The van der Waals surface area contributed by atoms with Crippen molar-refractivity contribution in [3.8, 4) is 17.3 Å². The predicted molar refractivity (Wildman–Crippen MR) is 119 cm³/mol. The van der Waals surface area contributed by atoms with Crippen molar-refractivity contribution in [1.29, 1.82) is 0 Å². The lowest BCUT2D eigenvalue weighted by atomic mass is 10.0. The van der Waals surface area contributed by atoms with Crippen molar-refractivity contribution in [1.82, 2.24) is 19.5 Å². The SMILES string of the molecule is C=CC(=C)C(Nc1nc(-c2nc3ccccc3o2)c(OC)c(=O)n1C)c1cccnc1. The van der Waals surface area contributed by atoms with Crippen LogP contribution in [0, 0.1) is 0 Å². The molecule has 0 radical (unpaired) electrons. The highest BCUT2D eigenvalue weighted by atomic mass is 16.5. The number of anilines is 1. The number of benzene rings is 1. The molecule has 0 aliphatic rings. The van der Waals surface area contributed by atoms with Gasteiger partial charge in [-0.3, -0.25) is 14.3 Å². The number of pyridine rings is 1. The summed E-state index contributed by atoms with van der Waals surface area (Å²) in [5.41, 5.74) is 2.61. The number of nitrogens with zero attached hydrogens (tertiary/aromatic N) is 4. The van der Waals surface area contributed by atoms with E-state index in [0.717, 1.165) is 5.56 Å². The number of rotatable bonds is 7. The average Bonchev–Trinajstić information content (AvgIpc) is 3.24. The van der Waals surface area contributed by atoms with Gasteiger partial charge in [0, 0.05) is 19.4 Å². The van der Waals surface area contributed by atoms with Crippen LogP contribution in [-0.2, 0) is 7.05 Å². The molecule has 0 aliphatic heterocycles. The minimum absolute atomic E-state index is 0.0417. The maximum absolute atomic E-state index is 13.0. The molecule has 4 rings (SSSR count). The van der Waals surface area contributed by atoms with Gasteiger partial charge >= 0.3 is 0 Å². The lowest BCUT2D eigenvalue weighted by Crippen LogP contribution is -2.26. The Balaban J connectivity index is 1.85. The molecule has 4 aromatic rings. The number of fused-ring (bicyclic) bond motifs is 1. The van der Waals surface area contributed by atoms with Gasteiger partial charge in [-0.05, 0) is 29.3 Å². The van der Waals surface area contributed by atoms with Gasteiger partial charge in [-0.25, -0.2) is 9.97 Å². The van der Waals surface area contributed by atoms with Crippen molar-refractivity contribution in [2.45, 2.75) is 6.04 Å². The highest BCUT2D eigenvalue weighted by Crippen LogP contribution is 2.30. The molecule has 3 heterocycles. The standard InChI is InChI=1S/C23H21N5O3/c1-5-14(2)18(15-9-8-12-24-13-15)26-23-27-19(20(30-4)22(29)28(23)3)21-25-16-10-6-7-11-17(16)31-21/h5-13,18H,1-2H2,3-4H3,(H,26,27). The molecule has 31 heavy (non-hydrogen) atoms. The summed E-state index contributed by atoms with van der Waals surface area (Å²) < 4.78 is 12.6. The van der Waals surface area contributed by atoms with Crippen molar-refractivity contribution < 1.29 is 9.15 Å². The number of hydrogen-bond acceptors (Lipinski definition) is 7. The van der Waals surface area contributed by atoms with Crippen molar-refractivity contribution in [3.05, 3.63) is 89.5 Å². The van der Waals surface area contributed by atoms with E-state index in [1.54, 1.807) is 31.6 Å². The minimum atomic E-state index is -0.394. The Hall–Kier alpha value is -4.20. The van der Waals surface area contributed by atoms with Gasteiger partial charge in [-0.1, -0.05) is 37.4 Å². The lowest BCUT2D eigenvalue weighted by molar-refractivity contribution is 0.402. The van der Waals surface area contributed by atoms with E-state index in [1.165, 1.54) is 11.7 Å². The van der Waals surface area contributed by atoms with Crippen LogP contribution in [-0.4, -0.2) is 26.6 Å². The molecule has 0 aliphatic carbocycles. The maximum Gasteiger partial charge on any atom is 0.297 e. The zero-order chi connectivity index (χ0) is 22.0. The van der Waals surface area contributed by atoms with Gasteiger partial charge in [0.1, 0.15) is 5.52 Å². The zero-order valence-electron chi connectivity index (χ0n) is 17.2. The molecule has 0 bridgehead atoms. The van der Waals surface area contributed by atoms with Gasteiger partial charge in [0.05, 0.1) is 13.2 Å². The molecule has 0 spiro atoms. The van der Waals surface area contributed by atoms with Crippen molar-refractivity contribution >= 4 is 17.0 Å². The van der Waals surface area contributed by atoms with E-state index in [1.807, 2.05) is 30.3 Å². The fourth-order valence-electron chi connectivity index (χ4n) is 3.20. The fourth-order valence-corrected chi connectivity index (χ4v) is 3.20. The smallest absolute Gasteiger partial charge is 0.297 e. The van der Waals surface area contributed by atoms with Gasteiger partial charge in [-0.2, -0.15) is 0 Å². The number of oxazole rings is 1. The first kappa shape index (κ1) is 20.1. The molecular formula is C23H21N5O3. The normalized spacial score (nSPS) is 11.8. The molecule has 0 fully saturated rings. The molecular weight excluding hydrogens is 394 g/mol. The van der Waals surface area contributed by atoms with Gasteiger partial charge in [0.15, 0.2) is 11.3 Å². The van der Waals surface area contributed by atoms with Crippen LogP contribution in [0.15, 0.2) is 82.8 Å². The van der Waals surface area contributed by atoms with Crippen LogP contribution in [0.1, 0.15) is 11.6 Å². The summed E-state index contributed by atoms with van der Waals surface area (Å²) >= 11 is 0. The summed E-state index contributed by atoms with van der Waals surface area (Å²) in [6, 6.07) is 10.7. The molecule has 1 N–H and O–H groups in total. The largest absolute Gasteiger partial charge is 0.489 e. The van der Waals surface area contributed by atoms with Crippen LogP contribution in [0.2, 0.25) is 0 Å². The molecule has 0 saturated carbocycles. The van der Waals surface area contributed by atoms with E-state index in [4.69, 9.17) is 9.15 Å². The van der Waals surface area contributed by atoms with E-state index in [9.17, 15) is 4.79 Å². The van der Waals surface area contributed by atoms with E-state index >= 15 is 0 Å². The molecule has 1 aromatic carbocycles. The molecule has 1 unspecified atom stereocenters. The number of nitrogens with one attached hydrogen (secondary N) is 1. The first-order valence-electron chi connectivity index (χ1n) is 9.52. The van der Waals surface area contributed by atoms with Crippen LogP contribution >= 0.6 is 0 Å². The highest BCUT2D eigenvalue weighted by molar-refractivity contribution is 5.76. The first-order valence-corrected chi connectivity index (χ1v) is 9.52. The Kier molecular flexibility index (Phi) is 5.36. The number of aromatic nitrogens is 4. The molecule has 0 amide bonds. The summed E-state index contributed by atoms with van der Waals surface area (Å²) in [6.45, 7) is 7.87. The van der Waals surface area contributed by atoms with Crippen LogP contribution in [0.25, 0.3) is 22.7 Å². The maximum atomic E-state index is 13.0. The number of hydrogen-bond donors (Lipinski definition) is 1. The van der Waals surface area contributed by atoms with Crippen LogP contribution in [0.3, 0.4) is 0 Å². The molecule has 8 nitrogen and oxygen atoms in total. The molecule has 156 valence electrons. The van der Waals surface area contributed by atoms with Crippen molar-refractivity contribution in [3.63, 3.8) is 0 Å². The predicted octanol–water partition coefficient (Wildman–Crippen LogP) is 3.89. The zero-order valence-corrected chi connectivity index (χ0v) is 17.2. The second-order valence-electron chi connectivity index (χ2n) is 6.81. The first-order chi connectivity index (χ1) is 15.0. The van der Waals surface area contributed by atoms with Gasteiger partial charge in [0.25, 0.3) is 11.4 Å². The number of para-hydroxylation sites is 2. The van der Waals surface area contributed by atoms with Gasteiger partial charge < -0.3 is 14.5 Å². The van der Waals surface area contributed by atoms with Gasteiger partial charge in [0.2, 0.25) is 11.7 Å². The van der Waals surface area contributed by atoms with Gasteiger partial charge in [-0.15, -0.1) is 0 Å². The Morgan fingerprint density at radius 2 is 2.06 bits per heavy atom. The molecule has 1 atom stereocenters. The molecule has 0 saturated heterocycles. The summed E-state index contributed by atoms with van der Waals surface area (Å²) in [5.74, 6) is 0.527. The Labute approximate surface area is 178 Å². The monoisotopic (exact) mass is 415 g/mol. The van der Waals surface area contributed by atoms with E-state index < -0.39 is 6.04 Å². The highest BCUT2D eigenvalue weighted by Gasteiger charge is 2.23. The third kappa shape index (κ3) is 3.71. The fraction of sp³-hybridized carbons (Fsp3) is 0.130. The third-order valence-electron chi connectivity index (χ3n) is 4.87. The lowest BCUT2D eigenvalue weighted by Gasteiger charge is -2.22. The Morgan fingerprint density at radius 3 is 2.74 bits per heavy atom. The van der Waals surface area contributed by atoms with Crippen LogP contribution in [0.4, 0.5) is 5.95 Å². The van der Waals surface area contributed by atoms with Crippen molar-refractivity contribution in [2.24, 2.45) is 7.05 Å². The van der Waals surface area contributed by atoms with Crippen LogP contribution in [0.5, 0.6) is 5.75 Å². The Bertz CT molecular complexity index is 1290. The third-order valence-corrected chi connectivity index (χ3v) is 4.87. The average molecular weight is 415 g/mol. The van der Waals surface area contributed by atoms with Crippen LogP contribution < -0.4 is 15.6 Å². The number of methoxy groups -OCH3 is 1. The topological polar surface area (TPSA) is 95.1 Å². The second kappa shape index (κ2) is 8.27. The second-order valence-corrected chi connectivity index (χ2v) is 6.81. The summed E-state index contributed by atoms with van der Waals surface area (Å²) in [4.78, 5) is 26.3. The summed E-state index contributed by atoms with van der Waals surface area (Å²) in [5, 5.41) is 3.27. The number of ether oxygens (including phenoxy) is 1. The van der Waals surface area contributed by atoms with E-state index in [-0.39, 0.29) is 22.9 Å². The van der Waals surface area contributed by atoms with E-state index in [0.29, 0.717) is 22.6 Å². The van der Waals surface area contributed by atoms with E-state index in [2.05, 4.69) is 33.4 Å². The summed E-state index contributed by atoms with van der Waals surface area (Å²) in [6.07, 6.45) is 5.05. The molecule has 8 heteroatoms. The minimum Gasteiger partial charge on any atom is -0.489 e. The molecule has 3 aromatic heterocycles. The van der Waals surface area contributed by atoms with Crippen molar-refractivity contribution in [2.75, 3.05) is 12.4 Å². The summed E-state index contributed by atoms with van der Waals surface area (Å²) in [7, 11) is 3.02. The quantitative estimate of drug-likeness (QED) is 0.458.